The molecular weight excluding hydrogens is 178 g/mol. The molecule has 0 aliphatic heterocycles. The Morgan fingerprint density at radius 1 is 1.29 bits per heavy atom. The smallest absolute Gasteiger partial charge is 0.223 e. The number of hydrogen-bond donors (Lipinski definition) is 2. The Balaban J connectivity index is 3.43. The summed E-state index contributed by atoms with van der Waals surface area (Å²) < 4.78 is 0. The van der Waals surface area contributed by atoms with Crippen molar-refractivity contribution in [1.29, 1.82) is 0 Å². The number of nitrogens with zero attached hydrogens (tertiary/aromatic N) is 1. The highest BCUT2D eigenvalue weighted by atomic mass is 16.2. The Morgan fingerprint density at radius 2 is 1.93 bits per heavy atom. The lowest BCUT2D eigenvalue weighted by Gasteiger charge is -2.18. The number of amides is 1. The van der Waals surface area contributed by atoms with Crippen molar-refractivity contribution < 1.29 is 4.79 Å². The first-order chi connectivity index (χ1) is 6.76. The molecule has 14 heavy (non-hydrogen) atoms. The zero-order valence-electron chi connectivity index (χ0n) is 9.38. The maximum Gasteiger partial charge on any atom is 0.223 e. The van der Waals surface area contributed by atoms with Crippen LogP contribution in [0.25, 0.3) is 0 Å². The lowest BCUT2D eigenvalue weighted by atomic mass is 10.3. The van der Waals surface area contributed by atoms with Crippen LogP contribution in [0.3, 0.4) is 0 Å². The molecule has 0 saturated carbocycles. The quantitative estimate of drug-likeness (QED) is 0.551. The van der Waals surface area contributed by atoms with Crippen LogP contribution in [0.1, 0.15) is 26.7 Å². The van der Waals surface area contributed by atoms with Gasteiger partial charge in [-0.25, -0.2) is 0 Å². The zero-order chi connectivity index (χ0) is 10.8. The second-order valence-corrected chi connectivity index (χ2v) is 3.21. The largest absolute Gasteiger partial charge is 0.343 e. The molecule has 0 spiro atoms. The first-order valence-corrected chi connectivity index (χ1v) is 5.44. The van der Waals surface area contributed by atoms with E-state index < -0.39 is 0 Å². The van der Waals surface area contributed by atoms with Gasteiger partial charge in [0.05, 0.1) is 0 Å². The van der Waals surface area contributed by atoms with Crippen molar-refractivity contribution in [2.45, 2.75) is 26.7 Å². The van der Waals surface area contributed by atoms with Crippen LogP contribution in [-0.2, 0) is 4.79 Å². The highest BCUT2D eigenvalue weighted by molar-refractivity contribution is 5.76. The zero-order valence-corrected chi connectivity index (χ0v) is 9.38. The highest BCUT2D eigenvalue weighted by Crippen LogP contribution is 1.92. The summed E-state index contributed by atoms with van der Waals surface area (Å²) in [5.41, 5.74) is 5.35. The molecule has 0 aliphatic rings. The SMILES string of the molecule is CCN(CC)C(=O)CCNCCCN. The third-order valence-corrected chi connectivity index (χ3v) is 2.19. The van der Waals surface area contributed by atoms with E-state index >= 15 is 0 Å². The lowest BCUT2D eigenvalue weighted by molar-refractivity contribution is -0.130. The Kier molecular flexibility index (Phi) is 8.57. The summed E-state index contributed by atoms with van der Waals surface area (Å²) in [6, 6.07) is 0. The van der Waals surface area contributed by atoms with Gasteiger partial charge in [0.25, 0.3) is 0 Å². The summed E-state index contributed by atoms with van der Waals surface area (Å²) in [6.07, 6.45) is 1.56. The minimum Gasteiger partial charge on any atom is -0.343 e. The van der Waals surface area contributed by atoms with E-state index in [-0.39, 0.29) is 5.91 Å². The maximum absolute atomic E-state index is 11.5. The van der Waals surface area contributed by atoms with Gasteiger partial charge in [0.2, 0.25) is 5.91 Å². The van der Waals surface area contributed by atoms with E-state index in [9.17, 15) is 4.79 Å². The number of nitrogens with one attached hydrogen (secondary N) is 1. The van der Waals surface area contributed by atoms with Gasteiger partial charge in [-0.3, -0.25) is 4.79 Å². The highest BCUT2D eigenvalue weighted by Gasteiger charge is 2.07. The number of carbonyl (C=O) groups excluding carboxylic acids is 1. The fraction of sp³-hybridized carbons (Fsp3) is 0.900. The molecule has 0 aliphatic carbocycles. The molecule has 0 rings (SSSR count). The van der Waals surface area contributed by atoms with E-state index in [1.165, 1.54) is 0 Å². The van der Waals surface area contributed by atoms with Crippen molar-refractivity contribution in [2.75, 3.05) is 32.7 Å². The van der Waals surface area contributed by atoms with Crippen LogP contribution >= 0.6 is 0 Å². The third kappa shape index (κ3) is 5.94. The summed E-state index contributed by atoms with van der Waals surface area (Å²) >= 11 is 0. The van der Waals surface area contributed by atoms with Crippen LogP contribution in [0.5, 0.6) is 0 Å². The average Bonchev–Trinajstić information content (AvgIpc) is 2.19. The van der Waals surface area contributed by atoms with Gasteiger partial charge >= 0.3 is 0 Å². The van der Waals surface area contributed by atoms with Gasteiger partial charge in [0.1, 0.15) is 0 Å². The van der Waals surface area contributed by atoms with Crippen LogP contribution in [0, 0.1) is 0 Å². The van der Waals surface area contributed by atoms with E-state index in [1.54, 1.807) is 0 Å². The molecule has 0 aromatic carbocycles. The fourth-order valence-electron chi connectivity index (χ4n) is 1.28. The van der Waals surface area contributed by atoms with E-state index in [0.717, 1.165) is 32.6 Å². The molecule has 0 atom stereocenters. The van der Waals surface area contributed by atoms with Crippen LogP contribution in [0.2, 0.25) is 0 Å². The van der Waals surface area contributed by atoms with Gasteiger partial charge in [-0.05, 0) is 33.4 Å². The number of nitrogens with two attached hydrogens (primary N) is 1. The van der Waals surface area contributed by atoms with E-state index in [0.29, 0.717) is 13.0 Å². The summed E-state index contributed by atoms with van der Waals surface area (Å²) in [5.74, 6) is 0.232. The standard InChI is InChI=1S/C10H23N3O/c1-3-13(4-2)10(14)6-9-12-8-5-7-11/h12H,3-9,11H2,1-2H3. The van der Waals surface area contributed by atoms with Gasteiger partial charge in [-0.1, -0.05) is 0 Å². The van der Waals surface area contributed by atoms with Gasteiger partial charge < -0.3 is 16.0 Å². The molecule has 3 N–H and O–H groups in total. The third-order valence-electron chi connectivity index (χ3n) is 2.19. The average molecular weight is 201 g/mol. The predicted molar refractivity (Wildman–Crippen MR) is 59.1 cm³/mol. The van der Waals surface area contributed by atoms with Crippen LogP contribution in [-0.4, -0.2) is 43.5 Å². The van der Waals surface area contributed by atoms with Crippen molar-refractivity contribution in [3.05, 3.63) is 0 Å². The maximum atomic E-state index is 11.5. The normalized spacial score (nSPS) is 10.2. The minimum absolute atomic E-state index is 0.232. The molecule has 0 fully saturated rings. The number of rotatable bonds is 8. The monoisotopic (exact) mass is 201 g/mol. The van der Waals surface area contributed by atoms with E-state index in [2.05, 4.69) is 5.32 Å². The molecule has 84 valence electrons. The van der Waals surface area contributed by atoms with Crippen molar-refractivity contribution in [1.82, 2.24) is 10.2 Å². The Hall–Kier alpha value is -0.610. The molecule has 0 heterocycles. The molecular formula is C10H23N3O. The second-order valence-electron chi connectivity index (χ2n) is 3.21. The topological polar surface area (TPSA) is 58.4 Å². The second kappa shape index (κ2) is 8.97. The first kappa shape index (κ1) is 13.4. The molecule has 0 unspecified atom stereocenters. The summed E-state index contributed by atoms with van der Waals surface area (Å²) in [6.45, 7) is 7.98. The summed E-state index contributed by atoms with van der Waals surface area (Å²) in [4.78, 5) is 13.4. The Morgan fingerprint density at radius 3 is 2.43 bits per heavy atom. The van der Waals surface area contributed by atoms with E-state index in [1.807, 2.05) is 18.7 Å². The molecule has 0 saturated heterocycles. The molecule has 0 aromatic heterocycles. The minimum atomic E-state index is 0.232. The molecule has 1 amide bonds. The van der Waals surface area contributed by atoms with Gasteiger partial charge in [-0.2, -0.15) is 0 Å². The predicted octanol–water partition coefficient (Wildman–Crippen LogP) is 0.183. The summed E-state index contributed by atoms with van der Waals surface area (Å²) in [7, 11) is 0. The fourth-order valence-corrected chi connectivity index (χ4v) is 1.28. The molecule has 0 aromatic rings. The van der Waals surface area contributed by atoms with Crippen molar-refractivity contribution >= 4 is 5.91 Å². The Bertz CT molecular complexity index is 146. The van der Waals surface area contributed by atoms with Crippen LogP contribution in [0.4, 0.5) is 0 Å². The molecule has 4 nitrogen and oxygen atoms in total. The molecule has 0 bridgehead atoms. The van der Waals surface area contributed by atoms with Gasteiger partial charge in [0.15, 0.2) is 0 Å². The van der Waals surface area contributed by atoms with Crippen LogP contribution in [0.15, 0.2) is 0 Å². The summed E-state index contributed by atoms with van der Waals surface area (Å²) in [5, 5.41) is 3.19. The van der Waals surface area contributed by atoms with Gasteiger partial charge in [0, 0.05) is 26.1 Å². The van der Waals surface area contributed by atoms with Gasteiger partial charge in [-0.15, -0.1) is 0 Å². The van der Waals surface area contributed by atoms with Crippen molar-refractivity contribution in [3.8, 4) is 0 Å². The lowest BCUT2D eigenvalue weighted by Crippen LogP contribution is -2.33. The van der Waals surface area contributed by atoms with E-state index in [4.69, 9.17) is 5.73 Å². The number of hydrogen-bond acceptors (Lipinski definition) is 3. The van der Waals surface area contributed by atoms with Crippen molar-refractivity contribution in [3.63, 3.8) is 0 Å². The van der Waals surface area contributed by atoms with Crippen molar-refractivity contribution in [2.24, 2.45) is 5.73 Å². The Labute approximate surface area is 86.8 Å². The number of carbonyl (C=O) groups is 1. The molecule has 0 radical (unpaired) electrons. The first-order valence-electron chi connectivity index (χ1n) is 5.44. The molecule has 4 heteroatoms. The van der Waals surface area contributed by atoms with Crippen LogP contribution < -0.4 is 11.1 Å².